The van der Waals surface area contributed by atoms with E-state index in [1.54, 1.807) is 18.2 Å². The van der Waals surface area contributed by atoms with Crippen LogP contribution in [0.3, 0.4) is 0 Å². The molecule has 0 N–H and O–H groups in total. The predicted octanol–water partition coefficient (Wildman–Crippen LogP) is 2.94. The van der Waals surface area contributed by atoms with Crippen LogP contribution in [0.5, 0.6) is 5.75 Å². The van der Waals surface area contributed by atoms with Crippen LogP contribution in [0.2, 0.25) is 0 Å². The van der Waals surface area contributed by atoms with Crippen molar-refractivity contribution in [2.45, 2.75) is 11.8 Å². The summed E-state index contributed by atoms with van der Waals surface area (Å²) in [4.78, 5) is 0. The summed E-state index contributed by atoms with van der Waals surface area (Å²) in [6.07, 6.45) is 4.89. The maximum Gasteiger partial charge on any atom is 0.119 e. The largest absolute Gasteiger partial charge is 0.497 e. The Morgan fingerprint density at radius 2 is 1.81 bits per heavy atom. The van der Waals surface area contributed by atoms with Crippen molar-refractivity contribution in [2.24, 2.45) is 23.7 Å². The highest BCUT2D eigenvalue weighted by Crippen LogP contribution is 2.80. The van der Waals surface area contributed by atoms with Gasteiger partial charge in [-0.15, -0.1) is 0 Å². The molecule has 6 atom stereocenters. The van der Waals surface area contributed by atoms with Crippen LogP contribution in [-0.4, -0.2) is 7.11 Å². The highest BCUT2D eigenvalue weighted by molar-refractivity contribution is 5.55. The van der Waals surface area contributed by atoms with Crippen molar-refractivity contribution >= 4 is 0 Å². The molecule has 0 unspecified atom stereocenters. The smallest absolute Gasteiger partial charge is 0.119 e. The molecule has 1 aromatic rings. The number of rotatable bonds is 1. The normalized spacial score (nSPS) is 48.1. The quantitative estimate of drug-likeness (QED) is 0.647. The second-order valence-corrected chi connectivity index (χ2v) is 5.74. The molecule has 4 aliphatic rings. The molecule has 0 amide bonds. The molecule has 1 aromatic carbocycles. The van der Waals surface area contributed by atoms with Crippen LogP contribution < -0.4 is 4.74 Å². The van der Waals surface area contributed by atoms with Gasteiger partial charge in [0.2, 0.25) is 0 Å². The number of hydrogen-bond acceptors (Lipinski definition) is 1. The van der Waals surface area contributed by atoms with E-state index in [2.05, 4.69) is 30.4 Å². The van der Waals surface area contributed by atoms with E-state index in [-0.39, 0.29) is 0 Å². The van der Waals surface area contributed by atoms with Crippen molar-refractivity contribution in [3.05, 3.63) is 41.5 Å². The molecule has 16 heavy (non-hydrogen) atoms. The molecule has 0 bridgehead atoms. The van der Waals surface area contributed by atoms with Gasteiger partial charge in [0, 0.05) is 0 Å². The van der Waals surface area contributed by atoms with Gasteiger partial charge < -0.3 is 4.74 Å². The van der Waals surface area contributed by atoms with Crippen molar-refractivity contribution in [2.75, 3.05) is 7.11 Å². The first-order valence-electron chi connectivity index (χ1n) is 6.26. The fourth-order valence-corrected chi connectivity index (χ4v) is 4.79. The zero-order chi connectivity index (χ0) is 10.4. The van der Waals surface area contributed by atoms with Crippen LogP contribution in [0.1, 0.15) is 23.0 Å². The molecular weight excluding hydrogens is 196 g/mol. The van der Waals surface area contributed by atoms with Gasteiger partial charge in [-0.3, -0.25) is 0 Å². The standard InChI is InChI=1S/C15H14O/c1-16-7-2-3-10-11(6-7)14-13-9-5-4-8(9)12(10)15(13)14/h2-6,8-9,12-15H,1H3/t8-,9-,12+,13-,14+,15-/m0/s1. The second-order valence-electron chi connectivity index (χ2n) is 5.74. The second kappa shape index (κ2) is 2.22. The number of fused-ring (bicyclic) bond motifs is 7. The summed E-state index contributed by atoms with van der Waals surface area (Å²) >= 11 is 0. The lowest BCUT2D eigenvalue weighted by Gasteiger charge is -2.28. The minimum atomic E-state index is 0.853. The Morgan fingerprint density at radius 3 is 2.56 bits per heavy atom. The summed E-state index contributed by atoms with van der Waals surface area (Å²) in [7, 11) is 1.76. The molecule has 4 aliphatic carbocycles. The van der Waals surface area contributed by atoms with Gasteiger partial charge in [-0.2, -0.15) is 0 Å². The number of methoxy groups -OCH3 is 1. The van der Waals surface area contributed by atoms with Crippen molar-refractivity contribution < 1.29 is 4.74 Å². The number of benzene rings is 1. The summed E-state index contributed by atoms with van der Waals surface area (Å²) in [5.41, 5.74) is 3.24. The predicted molar refractivity (Wildman–Crippen MR) is 61.6 cm³/mol. The van der Waals surface area contributed by atoms with Gasteiger partial charge in [0.15, 0.2) is 0 Å². The van der Waals surface area contributed by atoms with E-state index in [1.165, 1.54) is 0 Å². The number of allylic oxidation sites excluding steroid dienone is 2. The van der Waals surface area contributed by atoms with E-state index < -0.39 is 0 Å². The first-order chi connectivity index (χ1) is 7.90. The van der Waals surface area contributed by atoms with E-state index in [9.17, 15) is 0 Å². The minimum Gasteiger partial charge on any atom is -0.497 e. The highest BCUT2D eigenvalue weighted by Gasteiger charge is 2.71. The van der Waals surface area contributed by atoms with Gasteiger partial charge in [0.05, 0.1) is 7.11 Å². The molecule has 0 heterocycles. The number of ether oxygens (including phenoxy) is 1. The lowest BCUT2D eigenvalue weighted by atomic mass is 9.76. The Labute approximate surface area is 95.1 Å². The molecule has 0 spiro atoms. The van der Waals surface area contributed by atoms with Crippen LogP contribution >= 0.6 is 0 Å². The summed E-state index contributed by atoms with van der Waals surface area (Å²) in [6, 6.07) is 6.74. The Morgan fingerprint density at radius 1 is 0.938 bits per heavy atom. The molecule has 5 rings (SSSR count). The van der Waals surface area contributed by atoms with Crippen LogP contribution in [0.4, 0.5) is 0 Å². The van der Waals surface area contributed by atoms with Gasteiger partial charge in [-0.25, -0.2) is 0 Å². The van der Waals surface area contributed by atoms with Crippen molar-refractivity contribution in [1.29, 1.82) is 0 Å². The lowest BCUT2D eigenvalue weighted by Crippen LogP contribution is -2.20. The Kier molecular flexibility index (Phi) is 1.10. The van der Waals surface area contributed by atoms with E-state index in [0.717, 1.165) is 41.3 Å². The molecule has 2 saturated carbocycles. The van der Waals surface area contributed by atoms with Gasteiger partial charge >= 0.3 is 0 Å². The fraction of sp³-hybridized carbons (Fsp3) is 0.467. The average Bonchev–Trinajstić information content (AvgIpc) is 2.82. The average molecular weight is 210 g/mol. The van der Waals surface area contributed by atoms with Crippen LogP contribution in [0.15, 0.2) is 30.4 Å². The van der Waals surface area contributed by atoms with Crippen LogP contribution in [-0.2, 0) is 0 Å². The third kappa shape index (κ3) is 0.634. The van der Waals surface area contributed by atoms with Crippen LogP contribution in [0.25, 0.3) is 0 Å². The van der Waals surface area contributed by atoms with Crippen molar-refractivity contribution in [1.82, 2.24) is 0 Å². The number of hydrogen-bond donors (Lipinski definition) is 0. The molecule has 2 fully saturated rings. The van der Waals surface area contributed by atoms with Crippen molar-refractivity contribution in [3.63, 3.8) is 0 Å². The fourth-order valence-electron chi connectivity index (χ4n) is 4.79. The van der Waals surface area contributed by atoms with E-state index in [4.69, 9.17) is 4.74 Å². The molecule has 0 aliphatic heterocycles. The molecule has 0 aromatic heterocycles. The lowest BCUT2D eigenvalue weighted by molar-refractivity contribution is 0.398. The summed E-state index contributed by atoms with van der Waals surface area (Å²) in [5, 5.41) is 0. The van der Waals surface area contributed by atoms with Gasteiger partial charge in [0.1, 0.15) is 5.75 Å². The maximum atomic E-state index is 5.35. The van der Waals surface area contributed by atoms with Crippen molar-refractivity contribution in [3.8, 4) is 5.75 Å². The van der Waals surface area contributed by atoms with E-state index >= 15 is 0 Å². The first kappa shape index (κ1) is 7.94. The minimum absolute atomic E-state index is 0.853. The molecular formula is C15H14O. The Balaban J connectivity index is 1.71. The van der Waals surface area contributed by atoms with Gasteiger partial charge in [-0.05, 0) is 58.8 Å². The summed E-state index contributed by atoms with van der Waals surface area (Å²) in [6.45, 7) is 0. The third-order valence-electron chi connectivity index (χ3n) is 5.42. The maximum absolute atomic E-state index is 5.35. The molecule has 0 radical (unpaired) electrons. The SMILES string of the molecule is COc1ccc2c(c1)[C@H]1[C@H]3[C@@H]2[C@H]2C=C[C@@H]2[C@@H]13. The molecule has 1 nitrogen and oxygen atoms in total. The van der Waals surface area contributed by atoms with Gasteiger partial charge in [-0.1, -0.05) is 18.2 Å². The topological polar surface area (TPSA) is 9.23 Å². The molecule has 0 saturated heterocycles. The first-order valence-corrected chi connectivity index (χ1v) is 6.26. The zero-order valence-corrected chi connectivity index (χ0v) is 9.26. The van der Waals surface area contributed by atoms with E-state index in [1.807, 2.05) is 0 Å². The summed E-state index contributed by atoms with van der Waals surface area (Å²) < 4.78 is 5.35. The Bertz CT molecular complexity index is 530. The monoisotopic (exact) mass is 210 g/mol. The summed E-state index contributed by atoms with van der Waals surface area (Å²) in [5.74, 6) is 6.52. The molecule has 1 heteroatoms. The third-order valence-corrected chi connectivity index (χ3v) is 5.42. The Hall–Kier alpha value is -1.24. The van der Waals surface area contributed by atoms with Gasteiger partial charge in [0.25, 0.3) is 0 Å². The zero-order valence-electron chi connectivity index (χ0n) is 9.26. The van der Waals surface area contributed by atoms with Crippen LogP contribution in [0, 0.1) is 23.7 Å². The molecule has 80 valence electrons. The van der Waals surface area contributed by atoms with E-state index in [0.29, 0.717) is 0 Å². The highest BCUT2D eigenvalue weighted by atomic mass is 16.5.